The second-order valence-electron chi connectivity index (χ2n) is 5.84. The quantitative estimate of drug-likeness (QED) is 0.851. The molecule has 1 fully saturated rings. The number of rotatable bonds is 4. The SMILES string of the molecule is Cc1cccc(CNCC2CCC(C)CC2)c1O. The minimum absolute atomic E-state index is 0.447. The number of phenols is 1. The van der Waals surface area contributed by atoms with E-state index >= 15 is 0 Å². The number of phenolic OH excluding ortho intramolecular Hbond substituents is 1. The average Bonchev–Trinajstić information content (AvgIpc) is 2.37. The number of hydrogen-bond acceptors (Lipinski definition) is 2. The third kappa shape index (κ3) is 3.49. The monoisotopic (exact) mass is 247 g/mol. The first-order valence-corrected chi connectivity index (χ1v) is 7.15. The van der Waals surface area contributed by atoms with E-state index in [-0.39, 0.29) is 0 Å². The van der Waals surface area contributed by atoms with E-state index in [1.165, 1.54) is 25.7 Å². The summed E-state index contributed by atoms with van der Waals surface area (Å²) in [6.45, 7) is 6.16. The average molecular weight is 247 g/mol. The number of nitrogens with one attached hydrogen (secondary N) is 1. The summed E-state index contributed by atoms with van der Waals surface area (Å²) in [6.07, 6.45) is 5.46. The van der Waals surface area contributed by atoms with Crippen molar-refractivity contribution in [3.05, 3.63) is 29.3 Å². The van der Waals surface area contributed by atoms with Crippen molar-refractivity contribution in [2.24, 2.45) is 11.8 Å². The Morgan fingerprint density at radius 1 is 1.22 bits per heavy atom. The van der Waals surface area contributed by atoms with Crippen LogP contribution in [0.5, 0.6) is 5.75 Å². The summed E-state index contributed by atoms with van der Waals surface area (Å²) >= 11 is 0. The van der Waals surface area contributed by atoms with Crippen molar-refractivity contribution < 1.29 is 5.11 Å². The van der Waals surface area contributed by atoms with Gasteiger partial charge >= 0.3 is 0 Å². The van der Waals surface area contributed by atoms with E-state index < -0.39 is 0 Å². The normalized spacial score (nSPS) is 24.1. The second-order valence-corrected chi connectivity index (χ2v) is 5.84. The Labute approximate surface area is 110 Å². The summed E-state index contributed by atoms with van der Waals surface area (Å²) in [5.74, 6) is 2.19. The Morgan fingerprint density at radius 2 is 1.94 bits per heavy atom. The molecule has 0 saturated heterocycles. The van der Waals surface area contributed by atoms with Gasteiger partial charge in [-0.05, 0) is 43.7 Å². The van der Waals surface area contributed by atoms with Gasteiger partial charge in [0.1, 0.15) is 5.75 Å². The minimum atomic E-state index is 0.447. The van der Waals surface area contributed by atoms with Crippen molar-refractivity contribution in [2.75, 3.05) is 6.54 Å². The molecule has 1 aliphatic carbocycles. The van der Waals surface area contributed by atoms with Crippen molar-refractivity contribution in [1.82, 2.24) is 5.32 Å². The molecule has 0 heterocycles. The molecule has 100 valence electrons. The Hall–Kier alpha value is -1.02. The zero-order chi connectivity index (χ0) is 13.0. The number of aryl methyl sites for hydroxylation is 1. The highest BCUT2D eigenvalue weighted by Crippen LogP contribution is 2.28. The van der Waals surface area contributed by atoms with Crippen LogP contribution < -0.4 is 5.32 Å². The fraction of sp³-hybridized carbons (Fsp3) is 0.625. The van der Waals surface area contributed by atoms with Crippen LogP contribution in [0.1, 0.15) is 43.7 Å². The van der Waals surface area contributed by atoms with E-state index in [1.807, 2.05) is 25.1 Å². The predicted octanol–water partition coefficient (Wildman–Crippen LogP) is 3.62. The molecule has 0 spiro atoms. The van der Waals surface area contributed by atoms with E-state index in [9.17, 15) is 5.11 Å². The lowest BCUT2D eigenvalue weighted by Crippen LogP contribution is -2.25. The lowest BCUT2D eigenvalue weighted by Gasteiger charge is -2.26. The van der Waals surface area contributed by atoms with E-state index in [0.717, 1.165) is 36.1 Å². The van der Waals surface area contributed by atoms with Gasteiger partial charge in [-0.25, -0.2) is 0 Å². The molecule has 2 N–H and O–H groups in total. The molecule has 1 aromatic rings. The Kier molecular flexibility index (Phi) is 4.65. The lowest BCUT2D eigenvalue weighted by atomic mass is 9.83. The fourth-order valence-electron chi connectivity index (χ4n) is 2.81. The number of benzene rings is 1. The van der Waals surface area contributed by atoms with Crippen LogP contribution in [0.15, 0.2) is 18.2 Å². The van der Waals surface area contributed by atoms with Crippen LogP contribution in [0.3, 0.4) is 0 Å². The van der Waals surface area contributed by atoms with Gasteiger partial charge in [-0.15, -0.1) is 0 Å². The van der Waals surface area contributed by atoms with Crippen LogP contribution in [0.25, 0.3) is 0 Å². The maximum absolute atomic E-state index is 9.93. The molecule has 1 saturated carbocycles. The number of hydrogen-bond donors (Lipinski definition) is 2. The van der Waals surface area contributed by atoms with Crippen molar-refractivity contribution >= 4 is 0 Å². The maximum atomic E-state index is 9.93. The first-order chi connectivity index (χ1) is 8.66. The number of para-hydroxylation sites is 1. The van der Waals surface area contributed by atoms with Gasteiger partial charge in [-0.3, -0.25) is 0 Å². The zero-order valence-corrected chi connectivity index (χ0v) is 11.6. The third-order valence-corrected chi connectivity index (χ3v) is 4.21. The van der Waals surface area contributed by atoms with Crippen LogP contribution in [-0.2, 0) is 6.54 Å². The molecule has 0 amide bonds. The van der Waals surface area contributed by atoms with Gasteiger partial charge in [0.05, 0.1) is 0 Å². The van der Waals surface area contributed by atoms with Crippen LogP contribution in [0.4, 0.5) is 0 Å². The van der Waals surface area contributed by atoms with Crippen LogP contribution >= 0.6 is 0 Å². The minimum Gasteiger partial charge on any atom is -0.507 e. The molecule has 2 rings (SSSR count). The van der Waals surface area contributed by atoms with Gasteiger partial charge in [0, 0.05) is 12.1 Å². The smallest absolute Gasteiger partial charge is 0.122 e. The van der Waals surface area contributed by atoms with Crippen LogP contribution in [0, 0.1) is 18.8 Å². The molecule has 1 aliphatic rings. The van der Waals surface area contributed by atoms with Gasteiger partial charge in [-0.2, -0.15) is 0 Å². The Morgan fingerprint density at radius 3 is 2.67 bits per heavy atom. The molecule has 0 aliphatic heterocycles. The van der Waals surface area contributed by atoms with E-state index in [4.69, 9.17) is 0 Å². The number of aromatic hydroxyl groups is 1. The van der Waals surface area contributed by atoms with E-state index in [1.54, 1.807) is 0 Å². The largest absolute Gasteiger partial charge is 0.507 e. The first kappa shape index (κ1) is 13.4. The predicted molar refractivity (Wildman–Crippen MR) is 75.7 cm³/mol. The van der Waals surface area contributed by atoms with Gasteiger partial charge in [0.2, 0.25) is 0 Å². The molecule has 18 heavy (non-hydrogen) atoms. The molecule has 0 bridgehead atoms. The molecule has 2 nitrogen and oxygen atoms in total. The highest BCUT2D eigenvalue weighted by molar-refractivity contribution is 5.39. The Bertz CT molecular complexity index is 381. The van der Waals surface area contributed by atoms with Crippen molar-refractivity contribution in [3.63, 3.8) is 0 Å². The summed E-state index contributed by atoms with van der Waals surface area (Å²) in [4.78, 5) is 0. The van der Waals surface area contributed by atoms with Gasteiger partial charge in [-0.1, -0.05) is 38.0 Å². The van der Waals surface area contributed by atoms with Crippen LogP contribution in [-0.4, -0.2) is 11.7 Å². The van der Waals surface area contributed by atoms with Gasteiger partial charge in [0.15, 0.2) is 0 Å². The highest BCUT2D eigenvalue weighted by Gasteiger charge is 2.17. The molecular weight excluding hydrogens is 222 g/mol. The summed E-state index contributed by atoms with van der Waals surface area (Å²) in [5.41, 5.74) is 1.97. The molecule has 0 atom stereocenters. The van der Waals surface area contributed by atoms with Crippen molar-refractivity contribution in [3.8, 4) is 5.75 Å². The van der Waals surface area contributed by atoms with Crippen molar-refractivity contribution in [2.45, 2.75) is 46.1 Å². The third-order valence-electron chi connectivity index (χ3n) is 4.21. The molecule has 0 radical (unpaired) electrons. The van der Waals surface area contributed by atoms with Crippen molar-refractivity contribution in [1.29, 1.82) is 0 Å². The zero-order valence-electron chi connectivity index (χ0n) is 11.6. The lowest BCUT2D eigenvalue weighted by molar-refractivity contribution is 0.281. The van der Waals surface area contributed by atoms with Gasteiger partial charge in [0.25, 0.3) is 0 Å². The highest BCUT2D eigenvalue weighted by atomic mass is 16.3. The summed E-state index contributed by atoms with van der Waals surface area (Å²) in [6, 6.07) is 5.95. The van der Waals surface area contributed by atoms with Gasteiger partial charge < -0.3 is 10.4 Å². The fourth-order valence-corrected chi connectivity index (χ4v) is 2.81. The second kappa shape index (κ2) is 6.24. The molecule has 0 unspecified atom stereocenters. The standard InChI is InChI=1S/C16H25NO/c1-12-6-8-14(9-7-12)10-17-11-15-5-3-4-13(2)16(15)18/h3-5,12,14,17-18H,6-11H2,1-2H3. The molecule has 0 aromatic heterocycles. The molecular formula is C16H25NO. The summed E-state index contributed by atoms with van der Waals surface area (Å²) in [7, 11) is 0. The summed E-state index contributed by atoms with van der Waals surface area (Å²) in [5, 5.41) is 13.4. The van der Waals surface area contributed by atoms with E-state index in [2.05, 4.69) is 12.2 Å². The topological polar surface area (TPSA) is 32.3 Å². The Balaban J connectivity index is 1.77. The summed E-state index contributed by atoms with van der Waals surface area (Å²) < 4.78 is 0. The molecule has 2 heteroatoms. The maximum Gasteiger partial charge on any atom is 0.122 e. The molecule has 1 aromatic carbocycles. The van der Waals surface area contributed by atoms with E-state index in [0.29, 0.717) is 5.75 Å². The first-order valence-electron chi connectivity index (χ1n) is 7.15. The van der Waals surface area contributed by atoms with Crippen LogP contribution in [0.2, 0.25) is 0 Å².